The molecule has 0 bridgehead atoms. The summed E-state index contributed by atoms with van der Waals surface area (Å²) in [6.45, 7) is 4.42. The quantitative estimate of drug-likeness (QED) is 0.692. The van der Waals surface area contributed by atoms with Crippen molar-refractivity contribution in [2.24, 2.45) is 11.8 Å². The summed E-state index contributed by atoms with van der Waals surface area (Å²) in [4.78, 5) is 3.84. The number of benzene rings is 1. The Labute approximate surface area is 144 Å². The fourth-order valence-corrected chi connectivity index (χ4v) is 3.15. The summed E-state index contributed by atoms with van der Waals surface area (Å²) in [5.74, 6) is 2.13. The number of aromatic nitrogens is 1. The molecule has 0 amide bonds. The fraction of sp³-hybridized carbons (Fsp3) is 0.368. The van der Waals surface area contributed by atoms with E-state index >= 15 is 0 Å². The van der Waals surface area contributed by atoms with Crippen LogP contribution in [0.5, 0.6) is 0 Å². The molecule has 2 N–H and O–H groups in total. The monoisotopic (exact) mass is 347 g/mol. The number of nitrogens with zero attached hydrogens (tertiary/aromatic N) is 1. The first-order valence-corrected chi connectivity index (χ1v) is 8.24. The van der Waals surface area contributed by atoms with Gasteiger partial charge >= 0.3 is 6.18 Å². The van der Waals surface area contributed by atoms with Crippen molar-refractivity contribution in [1.82, 2.24) is 4.98 Å². The molecule has 3 rings (SSSR count). The molecule has 0 radical (unpaired) electrons. The first-order valence-electron chi connectivity index (χ1n) is 8.24. The summed E-state index contributed by atoms with van der Waals surface area (Å²) in [7, 11) is 0. The van der Waals surface area contributed by atoms with Crippen molar-refractivity contribution >= 4 is 17.7 Å². The van der Waals surface area contributed by atoms with Crippen LogP contribution < -0.4 is 5.32 Å². The lowest BCUT2D eigenvalue weighted by Crippen LogP contribution is -2.06. The SMILES string of the molecule is CC(C)[C@H]1C[C@@H]1c1ccc(C=N)c(Nc2ccc(C(F)(F)F)cn2)c1. The smallest absolute Gasteiger partial charge is 0.340 e. The highest BCUT2D eigenvalue weighted by Gasteiger charge is 2.40. The van der Waals surface area contributed by atoms with Crippen molar-refractivity contribution in [3.05, 3.63) is 53.2 Å². The Kier molecular flexibility index (Phi) is 4.54. The molecule has 1 aromatic carbocycles. The van der Waals surface area contributed by atoms with Crippen LogP contribution in [0.15, 0.2) is 36.5 Å². The Balaban J connectivity index is 1.82. The van der Waals surface area contributed by atoms with Gasteiger partial charge in [0.1, 0.15) is 5.82 Å². The van der Waals surface area contributed by atoms with Crippen molar-refractivity contribution in [3.8, 4) is 0 Å². The zero-order chi connectivity index (χ0) is 18.2. The molecule has 6 heteroatoms. The van der Waals surface area contributed by atoms with Gasteiger partial charge in [0.15, 0.2) is 0 Å². The molecule has 1 fully saturated rings. The van der Waals surface area contributed by atoms with Crippen LogP contribution in [0.2, 0.25) is 0 Å². The van der Waals surface area contributed by atoms with Gasteiger partial charge in [-0.3, -0.25) is 0 Å². The standard InChI is InChI=1S/C19H20F3N3/c1-11(2)15-8-16(15)12-3-4-13(9-23)17(7-12)25-18-6-5-14(10-24-18)19(20,21)22/h3-7,9-11,15-16,23H,8H2,1-2H3,(H,24,25)/t15-,16-/m1/s1. The highest BCUT2D eigenvalue weighted by Crippen LogP contribution is 2.52. The van der Waals surface area contributed by atoms with E-state index in [0.717, 1.165) is 18.7 Å². The van der Waals surface area contributed by atoms with Gasteiger partial charge in [0.05, 0.1) is 5.56 Å². The van der Waals surface area contributed by atoms with Crippen LogP contribution in [0.25, 0.3) is 0 Å². The molecular weight excluding hydrogens is 327 g/mol. The third-order valence-electron chi connectivity index (χ3n) is 4.71. The maximum absolute atomic E-state index is 12.6. The molecule has 1 aromatic heterocycles. The van der Waals surface area contributed by atoms with Crippen LogP contribution in [-0.2, 0) is 6.18 Å². The molecule has 1 aliphatic carbocycles. The minimum absolute atomic E-state index is 0.324. The number of nitrogens with one attached hydrogen (secondary N) is 2. The molecule has 3 nitrogen and oxygen atoms in total. The number of hydrogen-bond acceptors (Lipinski definition) is 3. The summed E-state index contributed by atoms with van der Waals surface area (Å²) in [5.41, 5.74) is 1.77. The lowest BCUT2D eigenvalue weighted by atomic mass is 10.0. The lowest BCUT2D eigenvalue weighted by molar-refractivity contribution is -0.137. The molecular formula is C19H20F3N3. The fourth-order valence-electron chi connectivity index (χ4n) is 3.15. The Morgan fingerprint density at radius 3 is 2.52 bits per heavy atom. The van der Waals surface area contributed by atoms with E-state index in [9.17, 15) is 13.2 Å². The van der Waals surface area contributed by atoms with Gasteiger partial charge in [-0.05, 0) is 47.9 Å². The number of hydrogen-bond donors (Lipinski definition) is 2. The maximum Gasteiger partial charge on any atom is 0.417 e. The van der Waals surface area contributed by atoms with Crippen molar-refractivity contribution in [2.75, 3.05) is 5.32 Å². The predicted molar refractivity (Wildman–Crippen MR) is 92.5 cm³/mol. The van der Waals surface area contributed by atoms with Crippen molar-refractivity contribution in [3.63, 3.8) is 0 Å². The second kappa shape index (κ2) is 6.50. The van der Waals surface area contributed by atoms with Crippen LogP contribution in [0.3, 0.4) is 0 Å². The third-order valence-corrected chi connectivity index (χ3v) is 4.71. The molecule has 0 spiro atoms. The first kappa shape index (κ1) is 17.5. The Hall–Kier alpha value is -2.37. The first-order chi connectivity index (χ1) is 11.8. The van der Waals surface area contributed by atoms with Gasteiger partial charge < -0.3 is 10.7 Å². The average Bonchev–Trinajstić information content (AvgIpc) is 3.35. The van der Waals surface area contributed by atoms with E-state index in [0.29, 0.717) is 34.8 Å². The van der Waals surface area contributed by atoms with E-state index in [1.165, 1.54) is 17.8 Å². The summed E-state index contributed by atoms with van der Waals surface area (Å²) in [6.07, 6.45) is -1.21. The molecule has 0 aliphatic heterocycles. The number of alkyl halides is 3. The number of halogens is 3. The predicted octanol–water partition coefficient (Wildman–Crippen LogP) is 5.60. The summed E-state index contributed by atoms with van der Waals surface area (Å²) in [6, 6.07) is 8.17. The number of pyridine rings is 1. The van der Waals surface area contributed by atoms with Crippen LogP contribution in [0.1, 0.15) is 42.9 Å². The van der Waals surface area contributed by atoms with Gasteiger partial charge in [0.25, 0.3) is 0 Å². The Morgan fingerprint density at radius 2 is 2.00 bits per heavy atom. The van der Waals surface area contributed by atoms with Crippen LogP contribution >= 0.6 is 0 Å². The molecule has 1 heterocycles. The molecule has 132 valence electrons. The molecule has 0 unspecified atom stereocenters. The van der Waals surface area contributed by atoms with Crippen LogP contribution in [-0.4, -0.2) is 11.2 Å². The lowest BCUT2D eigenvalue weighted by Gasteiger charge is -2.12. The summed E-state index contributed by atoms with van der Waals surface area (Å²) in [5, 5.41) is 10.6. The highest BCUT2D eigenvalue weighted by atomic mass is 19.4. The van der Waals surface area contributed by atoms with Crippen LogP contribution in [0.4, 0.5) is 24.7 Å². The average molecular weight is 347 g/mol. The van der Waals surface area contributed by atoms with Crippen molar-refractivity contribution < 1.29 is 13.2 Å². The molecule has 1 aliphatic rings. The van der Waals surface area contributed by atoms with E-state index in [2.05, 4.69) is 24.1 Å². The van der Waals surface area contributed by atoms with Crippen LogP contribution in [0, 0.1) is 17.2 Å². The number of anilines is 2. The zero-order valence-corrected chi connectivity index (χ0v) is 14.1. The summed E-state index contributed by atoms with van der Waals surface area (Å²) < 4.78 is 37.9. The Morgan fingerprint density at radius 1 is 1.24 bits per heavy atom. The van der Waals surface area contributed by atoms with Gasteiger partial charge in [-0.2, -0.15) is 13.2 Å². The van der Waals surface area contributed by atoms with Gasteiger partial charge in [0.2, 0.25) is 0 Å². The van der Waals surface area contributed by atoms with Crippen molar-refractivity contribution in [2.45, 2.75) is 32.4 Å². The molecule has 1 saturated carbocycles. The molecule has 0 saturated heterocycles. The minimum atomic E-state index is -4.40. The van der Waals surface area contributed by atoms with Gasteiger partial charge in [-0.25, -0.2) is 4.98 Å². The number of rotatable bonds is 5. The topological polar surface area (TPSA) is 48.8 Å². The zero-order valence-electron chi connectivity index (χ0n) is 14.1. The summed E-state index contributed by atoms with van der Waals surface area (Å²) >= 11 is 0. The van der Waals surface area contributed by atoms with E-state index in [1.54, 1.807) is 0 Å². The largest absolute Gasteiger partial charge is 0.417 e. The maximum atomic E-state index is 12.6. The van der Waals surface area contributed by atoms with Gasteiger partial charge in [0, 0.05) is 23.7 Å². The Bertz CT molecular complexity index is 766. The van der Waals surface area contributed by atoms with E-state index < -0.39 is 11.7 Å². The van der Waals surface area contributed by atoms with Gasteiger partial charge in [-0.15, -0.1) is 0 Å². The second-order valence-electron chi connectivity index (χ2n) is 6.80. The van der Waals surface area contributed by atoms with Gasteiger partial charge in [-0.1, -0.05) is 26.0 Å². The third kappa shape index (κ3) is 3.83. The van der Waals surface area contributed by atoms with Crippen molar-refractivity contribution in [1.29, 1.82) is 5.41 Å². The van der Waals surface area contributed by atoms with E-state index in [1.807, 2.05) is 18.2 Å². The van der Waals surface area contributed by atoms with E-state index in [4.69, 9.17) is 5.41 Å². The minimum Gasteiger partial charge on any atom is -0.340 e. The normalized spacial score (nSPS) is 19.8. The second-order valence-corrected chi connectivity index (χ2v) is 6.80. The molecule has 2 aromatic rings. The molecule has 25 heavy (non-hydrogen) atoms. The van der Waals surface area contributed by atoms with E-state index in [-0.39, 0.29) is 0 Å². The molecule has 2 atom stereocenters. The highest BCUT2D eigenvalue weighted by molar-refractivity contribution is 5.87.